The quantitative estimate of drug-likeness (QED) is 0.575. The van der Waals surface area contributed by atoms with Gasteiger partial charge in [0.25, 0.3) is 5.91 Å². The van der Waals surface area contributed by atoms with Gasteiger partial charge in [-0.05, 0) is 42.8 Å². The van der Waals surface area contributed by atoms with Gasteiger partial charge in [0.1, 0.15) is 0 Å². The summed E-state index contributed by atoms with van der Waals surface area (Å²) >= 11 is 0. The number of methoxy groups -OCH3 is 2. The molecule has 0 aliphatic rings. The lowest BCUT2D eigenvalue weighted by Gasteiger charge is -2.15. The molecule has 1 amide bonds. The van der Waals surface area contributed by atoms with Crippen molar-refractivity contribution in [2.45, 2.75) is 19.1 Å². The second-order valence-corrected chi connectivity index (χ2v) is 6.63. The summed E-state index contributed by atoms with van der Waals surface area (Å²) in [5.74, 6) is -1.06. The Morgan fingerprint density at radius 1 is 1.10 bits per heavy atom. The zero-order valence-corrected chi connectivity index (χ0v) is 16.8. The number of nitrogens with one attached hydrogen (secondary N) is 1. The number of aromatic nitrogens is 2. The van der Waals surface area contributed by atoms with Crippen molar-refractivity contribution in [1.29, 1.82) is 0 Å². The third-order valence-corrected chi connectivity index (χ3v) is 4.58. The molecule has 0 saturated heterocycles. The number of alkyl halides is 3. The molecule has 0 saturated carbocycles. The van der Waals surface area contributed by atoms with E-state index in [0.29, 0.717) is 5.56 Å². The topological polar surface area (TPSA) is 65.4 Å². The Morgan fingerprint density at radius 2 is 1.81 bits per heavy atom. The first-order valence-electron chi connectivity index (χ1n) is 9.09. The Kier molecular flexibility index (Phi) is 6.19. The Hall–Kier alpha value is -3.56. The summed E-state index contributed by atoms with van der Waals surface area (Å²) in [6.45, 7) is 1.65. The van der Waals surface area contributed by atoms with Gasteiger partial charge in [0, 0.05) is 0 Å². The highest BCUT2D eigenvalue weighted by Crippen LogP contribution is 2.31. The van der Waals surface area contributed by atoms with E-state index in [9.17, 15) is 22.4 Å². The number of carbonyl (C=O) groups excluding carboxylic acids is 1. The van der Waals surface area contributed by atoms with E-state index in [2.05, 4.69) is 10.4 Å². The van der Waals surface area contributed by atoms with Crippen LogP contribution in [0.3, 0.4) is 0 Å². The van der Waals surface area contributed by atoms with Crippen LogP contribution in [0.1, 0.15) is 34.6 Å². The van der Waals surface area contributed by atoms with E-state index >= 15 is 0 Å². The summed E-state index contributed by atoms with van der Waals surface area (Å²) in [6.07, 6.45) is -3.21. The van der Waals surface area contributed by atoms with Gasteiger partial charge in [-0.2, -0.15) is 18.3 Å². The molecule has 0 bridgehead atoms. The van der Waals surface area contributed by atoms with E-state index < -0.39 is 29.5 Å². The fraction of sp³-hybridized carbons (Fsp3) is 0.238. The lowest BCUT2D eigenvalue weighted by atomic mass is 10.1. The number of rotatable bonds is 6. The van der Waals surface area contributed by atoms with Crippen LogP contribution in [-0.2, 0) is 6.18 Å². The molecule has 3 rings (SSSR count). The number of amides is 1. The second-order valence-electron chi connectivity index (χ2n) is 6.63. The minimum absolute atomic E-state index is 0.0722. The van der Waals surface area contributed by atoms with Crippen molar-refractivity contribution < 1.29 is 31.8 Å². The van der Waals surface area contributed by atoms with E-state index in [0.717, 1.165) is 16.8 Å². The zero-order valence-electron chi connectivity index (χ0n) is 16.8. The van der Waals surface area contributed by atoms with E-state index in [1.54, 1.807) is 13.0 Å². The smallest absolute Gasteiger partial charge is 0.416 e. The van der Waals surface area contributed by atoms with Gasteiger partial charge in [-0.3, -0.25) is 4.79 Å². The van der Waals surface area contributed by atoms with Crippen molar-refractivity contribution in [2.24, 2.45) is 0 Å². The van der Waals surface area contributed by atoms with E-state index in [4.69, 9.17) is 9.47 Å². The van der Waals surface area contributed by atoms with Crippen molar-refractivity contribution in [3.05, 3.63) is 71.3 Å². The van der Waals surface area contributed by atoms with E-state index in [1.165, 1.54) is 44.7 Å². The highest BCUT2D eigenvalue weighted by atomic mass is 19.4. The Balaban J connectivity index is 1.85. The zero-order chi connectivity index (χ0) is 22.8. The van der Waals surface area contributed by atoms with Gasteiger partial charge in [0.05, 0.1) is 37.7 Å². The number of halogens is 4. The molecular weight excluding hydrogens is 418 g/mol. The average Bonchev–Trinajstić information content (AvgIpc) is 3.18. The maximum absolute atomic E-state index is 13.9. The van der Waals surface area contributed by atoms with Crippen LogP contribution in [0.15, 0.2) is 48.7 Å². The SMILES string of the molecule is COc1ccc(C(C)NC(=O)c2nn(-c3cccc(C(F)(F)F)c3)cc2OC)cc1F. The lowest BCUT2D eigenvalue weighted by Crippen LogP contribution is -2.27. The minimum Gasteiger partial charge on any atom is -0.494 e. The van der Waals surface area contributed by atoms with Gasteiger partial charge in [0.15, 0.2) is 23.0 Å². The fourth-order valence-corrected chi connectivity index (χ4v) is 2.92. The summed E-state index contributed by atoms with van der Waals surface area (Å²) in [6, 6.07) is 8.21. The summed E-state index contributed by atoms with van der Waals surface area (Å²) < 4.78 is 64.1. The van der Waals surface area contributed by atoms with Crippen LogP contribution in [0.2, 0.25) is 0 Å². The van der Waals surface area contributed by atoms with Crippen molar-refractivity contribution in [1.82, 2.24) is 15.1 Å². The number of ether oxygens (including phenoxy) is 2. The predicted octanol–water partition coefficient (Wildman–Crippen LogP) is 4.54. The predicted molar refractivity (Wildman–Crippen MR) is 104 cm³/mol. The molecule has 0 aliphatic heterocycles. The van der Waals surface area contributed by atoms with Crippen molar-refractivity contribution in [3.63, 3.8) is 0 Å². The van der Waals surface area contributed by atoms with Crippen molar-refractivity contribution in [2.75, 3.05) is 14.2 Å². The molecule has 3 aromatic rings. The molecule has 1 N–H and O–H groups in total. The molecule has 164 valence electrons. The molecule has 6 nitrogen and oxygen atoms in total. The number of hydrogen-bond donors (Lipinski definition) is 1. The fourth-order valence-electron chi connectivity index (χ4n) is 2.92. The van der Waals surface area contributed by atoms with Gasteiger partial charge >= 0.3 is 6.18 Å². The number of nitrogens with zero attached hydrogens (tertiary/aromatic N) is 2. The molecule has 1 heterocycles. The van der Waals surface area contributed by atoms with Crippen LogP contribution in [0.4, 0.5) is 17.6 Å². The highest BCUT2D eigenvalue weighted by Gasteiger charge is 2.31. The van der Waals surface area contributed by atoms with Crippen LogP contribution in [0.5, 0.6) is 11.5 Å². The Labute approximate surface area is 175 Å². The largest absolute Gasteiger partial charge is 0.494 e. The summed E-state index contributed by atoms with van der Waals surface area (Å²) in [4.78, 5) is 12.7. The van der Waals surface area contributed by atoms with Crippen LogP contribution >= 0.6 is 0 Å². The molecule has 1 unspecified atom stereocenters. The average molecular weight is 437 g/mol. The van der Waals surface area contributed by atoms with Gasteiger partial charge in [0.2, 0.25) is 0 Å². The van der Waals surface area contributed by atoms with Crippen LogP contribution < -0.4 is 14.8 Å². The molecular formula is C21H19F4N3O3. The third-order valence-electron chi connectivity index (χ3n) is 4.58. The van der Waals surface area contributed by atoms with Gasteiger partial charge < -0.3 is 14.8 Å². The van der Waals surface area contributed by atoms with E-state index in [-0.39, 0.29) is 22.9 Å². The number of carbonyl (C=O) groups is 1. The Morgan fingerprint density at radius 3 is 2.42 bits per heavy atom. The van der Waals surface area contributed by atoms with Crippen molar-refractivity contribution >= 4 is 5.91 Å². The van der Waals surface area contributed by atoms with Gasteiger partial charge in [-0.15, -0.1) is 0 Å². The minimum atomic E-state index is -4.52. The summed E-state index contributed by atoms with van der Waals surface area (Å²) in [5.41, 5.74) is -0.373. The molecule has 2 aromatic carbocycles. The standard InChI is InChI=1S/C21H19F4N3O3/c1-12(13-7-8-17(30-2)16(22)9-13)26-20(29)19-18(31-3)11-28(27-19)15-6-4-5-14(10-15)21(23,24)25/h4-12H,1-3H3,(H,26,29). The number of benzene rings is 2. The molecule has 1 aromatic heterocycles. The van der Waals surface area contributed by atoms with Crippen LogP contribution in [0, 0.1) is 5.82 Å². The molecule has 0 fully saturated rings. The van der Waals surface area contributed by atoms with Crippen molar-refractivity contribution in [3.8, 4) is 17.2 Å². The first kappa shape index (κ1) is 22.1. The first-order chi connectivity index (χ1) is 14.6. The third kappa shape index (κ3) is 4.79. The second kappa shape index (κ2) is 8.66. The molecule has 10 heteroatoms. The first-order valence-corrected chi connectivity index (χ1v) is 9.09. The molecule has 31 heavy (non-hydrogen) atoms. The summed E-state index contributed by atoms with van der Waals surface area (Å²) in [5, 5.41) is 6.75. The number of hydrogen-bond acceptors (Lipinski definition) is 4. The summed E-state index contributed by atoms with van der Waals surface area (Å²) in [7, 11) is 2.66. The molecule has 0 aliphatic carbocycles. The highest BCUT2D eigenvalue weighted by molar-refractivity contribution is 5.95. The molecule has 1 atom stereocenters. The van der Waals surface area contributed by atoms with Gasteiger partial charge in [-0.25, -0.2) is 9.07 Å². The normalized spacial score (nSPS) is 12.4. The van der Waals surface area contributed by atoms with Crippen LogP contribution in [0.25, 0.3) is 5.69 Å². The monoisotopic (exact) mass is 437 g/mol. The Bertz CT molecular complexity index is 1100. The maximum Gasteiger partial charge on any atom is 0.416 e. The lowest BCUT2D eigenvalue weighted by molar-refractivity contribution is -0.137. The van der Waals surface area contributed by atoms with Gasteiger partial charge in [-0.1, -0.05) is 12.1 Å². The maximum atomic E-state index is 13.9. The molecule has 0 radical (unpaired) electrons. The van der Waals surface area contributed by atoms with Crippen LogP contribution in [-0.4, -0.2) is 29.9 Å². The molecule has 0 spiro atoms. The van der Waals surface area contributed by atoms with E-state index in [1.807, 2.05) is 0 Å².